The van der Waals surface area contributed by atoms with Gasteiger partial charge in [0.25, 0.3) is 0 Å². The monoisotopic (exact) mass is 424 g/mol. The summed E-state index contributed by atoms with van der Waals surface area (Å²) in [7, 11) is -1.10. The van der Waals surface area contributed by atoms with Crippen LogP contribution in [-0.2, 0) is 10.8 Å². The number of allylic oxidation sites excluding steroid dienone is 4. The van der Waals surface area contributed by atoms with Crippen molar-refractivity contribution in [1.82, 2.24) is 0 Å². The second kappa shape index (κ2) is 8.53. The summed E-state index contributed by atoms with van der Waals surface area (Å²) in [6.07, 6.45) is 1.87. The van der Waals surface area contributed by atoms with Crippen LogP contribution in [0, 0.1) is 12.8 Å². The molecule has 1 aliphatic rings. The van der Waals surface area contributed by atoms with E-state index in [2.05, 4.69) is 95.0 Å². The van der Waals surface area contributed by atoms with Gasteiger partial charge in [0.1, 0.15) is 12.4 Å². The molecule has 1 atom stereocenters. The molecule has 30 heavy (non-hydrogen) atoms. The average molecular weight is 425 g/mol. The Morgan fingerprint density at radius 3 is 2.00 bits per heavy atom. The molecule has 0 radical (unpaired) electrons. The minimum atomic E-state index is -1.10. The Morgan fingerprint density at radius 2 is 1.60 bits per heavy atom. The van der Waals surface area contributed by atoms with Crippen molar-refractivity contribution in [2.45, 2.75) is 93.2 Å². The summed E-state index contributed by atoms with van der Waals surface area (Å²) in [6.45, 7) is 32.7. The quantitative estimate of drug-likeness (QED) is 0.348. The van der Waals surface area contributed by atoms with E-state index in [1.807, 2.05) is 6.08 Å². The van der Waals surface area contributed by atoms with Crippen LogP contribution in [-0.4, -0.2) is 15.4 Å². The summed E-state index contributed by atoms with van der Waals surface area (Å²) < 4.78 is 6.53. The molecule has 1 unspecified atom stereocenters. The molecule has 0 bridgehead atoms. The molecule has 166 valence electrons. The summed E-state index contributed by atoms with van der Waals surface area (Å²) in [6, 6.07) is 2.40. The molecule has 1 nitrogen and oxygen atoms in total. The zero-order valence-electron chi connectivity index (χ0n) is 21.6. The molecule has 0 fully saturated rings. The van der Waals surface area contributed by atoms with Crippen LogP contribution in [0.3, 0.4) is 0 Å². The van der Waals surface area contributed by atoms with Crippen LogP contribution in [0.5, 0.6) is 5.75 Å². The number of hydrogen-bond donors (Lipinski definition) is 0. The minimum absolute atomic E-state index is 0.0103. The van der Waals surface area contributed by atoms with Gasteiger partial charge in [-0.3, -0.25) is 0 Å². The van der Waals surface area contributed by atoms with E-state index in [0.29, 0.717) is 12.5 Å². The highest BCUT2D eigenvalue weighted by atomic mass is 28.3. The van der Waals surface area contributed by atoms with Crippen LogP contribution in [0.25, 0.3) is 0 Å². The van der Waals surface area contributed by atoms with E-state index in [4.69, 9.17) is 4.74 Å². The summed E-state index contributed by atoms with van der Waals surface area (Å²) in [5.41, 5.74) is 10.1. The number of rotatable bonds is 6. The van der Waals surface area contributed by atoms with E-state index in [0.717, 1.165) is 5.75 Å². The Bertz CT molecular complexity index is 904. The molecule has 0 saturated heterocycles. The van der Waals surface area contributed by atoms with Crippen molar-refractivity contribution < 1.29 is 4.74 Å². The fourth-order valence-corrected chi connectivity index (χ4v) is 7.54. The maximum atomic E-state index is 6.53. The molecule has 0 heterocycles. The van der Waals surface area contributed by atoms with Gasteiger partial charge >= 0.3 is 0 Å². The van der Waals surface area contributed by atoms with Crippen molar-refractivity contribution >= 4 is 14.0 Å². The SMILES string of the molecule is C=CCOc1c(C(C)(C)C)cc(C)c([SiH](C)C)c1C(C)(C)C1=C(C)C(C)C(C)=C1C. The molecular formula is C28H44OSi. The van der Waals surface area contributed by atoms with Gasteiger partial charge in [0.2, 0.25) is 0 Å². The van der Waals surface area contributed by atoms with E-state index >= 15 is 0 Å². The van der Waals surface area contributed by atoms with Crippen LogP contribution in [0.15, 0.2) is 41.0 Å². The van der Waals surface area contributed by atoms with E-state index in [9.17, 15) is 0 Å². The van der Waals surface area contributed by atoms with Gasteiger partial charge in [0, 0.05) is 16.5 Å². The Morgan fingerprint density at radius 1 is 1.03 bits per heavy atom. The molecule has 0 spiro atoms. The Balaban J connectivity index is 3.01. The third-order valence-corrected chi connectivity index (χ3v) is 9.07. The van der Waals surface area contributed by atoms with Gasteiger partial charge in [0.05, 0.1) is 8.80 Å². The largest absolute Gasteiger partial charge is 0.489 e. The lowest BCUT2D eigenvalue weighted by molar-refractivity contribution is 0.341. The molecule has 0 N–H and O–H groups in total. The van der Waals surface area contributed by atoms with E-state index in [-0.39, 0.29) is 10.8 Å². The van der Waals surface area contributed by atoms with Crippen LogP contribution in [0.4, 0.5) is 0 Å². The molecule has 1 aliphatic carbocycles. The van der Waals surface area contributed by atoms with Crippen molar-refractivity contribution in [3.63, 3.8) is 0 Å². The first kappa shape index (κ1) is 24.7. The maximum absolute atomic E-state index is 6.53. The summed E-state index contributed by atoms with van der Waals surface area (Å²) in [5.74, 6) is 1.61. The number of benzene rings is 1. The maximum Gasteiger partial charge on any atom is 0.127 e. The minimum Gasteiger partial charge on any atom is -0.489 e. The van der Waals surface area contributed by atoms with Crippen molar-refractivity contribution in [3.8, 4) is 5.75 Å². The molecule has 2 heteroatoms. The molecule has 2 rings (SSSR count). The van der Waals surface area contributed by atoms with Crippen LogP contribution < -0.4 is 9.92 Å². The Hall–Kier alpha value is -1.54. The molecule has 0 amide bonds. The highest BCUT2D eigenvalue weighted by molar-refractivity contribution is 6.71. The normalized spacial score (nSPS) is 18.0. The lowest BCUT2D eigenvalue weighted by Crippen LogP contribution is -2.39. The third-order valence-electron chi connectivity index (χ3n) is 7.17. The lowest BCUT2D eigenvalue weighted by atomic mass is 9.71. The van der Waals surface area contributed by atoms with Gasteiger partial charge in [-0.25, -0.2) is 0 Å². The molecule has 1 aromatic carbocycles. The van der Waals surface area contributed by atoms with Crippen molar-refractivity contribution in [1.29, 1.82) is 0 Å². The van der Waals surface area contributed by atoms with Crippen molar-refractivity contribution in [2.24, 2.45) is 5.92 Å². The molecule has 0 saturated carbocycles. The van der Waals surface area contributed by atoms with Gasteiger partial charge in [-0.15, -0.1) is 0 Å². The first-order chi connectivity index (χ1) is 13.7. The smallest absolute Gasteiger partial charge is 0.127 e. The predicted octanol–water partition coefficient (Wildman–Crippen LogP) is 7.13. The lowest BCUT2D eigenvalue weighted by Gasteiger charge is -2.38. The zero-order valence-corrected chi connectivity index (χ0v) is 22.8. The van der Waals surface area contributed by atoms with Gasteiger partial charge < -0.3 is 4.74 Å². The highest BCUT2D eigenvalue weighted by Gasteiger charge is 2.40. The molecule has 0 aromatic heterocycles. The van der Waals surface area contributed by atoms with Gasteiger partial charge in [-0.05, 0) is 50.2 Å². The average Bonchev–Trinajstić information content (AvgIpc) is 2.82. The predicted molar refractivity (Wildman–Crippen MR) is 137 cm³/mol. The number of hydrogen-bond acceptors (Lipinski definition) is 1. The summed E-state index contributed by atoms with van der Waals surface area (Å²) >= 11 is 0. The van der Waals surface area contributed by atoms with Gasteiger partial charge in [-0.1, -0.05) is 95.3 Å². The van der Waals surface area contributed by atoms with Crippen LogP contribution in [0.1, 0.15) is 79.0 Å². The Kier molecular flexibility index (Phi) is 7.03. The van der Waals surface area contributed by atoms with Gasteiger partial charge in [0.15, 0.2) is 0 Å². The number of ether oxygens (including phenoxy) is 1. The first-order valence-corrected chi connectivity index (χ1v) is 14.4. The van der Waals surface area contributed by atoms with Crippen molar-refractivity contribution in [3.05, 3.63) is 57.7 Å². The van der Waals surface area contributed by atoms with Gasteiger partial charge in [-0.2, -0.15) is 0 Å². The summed E-state index contributed by atoms with van der Waals surface area (Å²) in [5, 5.41) is 1.57. The fraction of sp³-hybridized carbons (Fsp3) is 0.571. The number of aryl methyl sites for hydroxylation is 1. The van der Waals surface area contributed by atoms with Crippen LogP contribution >= 0.6 is 0 Å². The summed E-state index contributed by atoms with van der Waals surface area (Å²) in [4.78, 5) is 0. The molecule has 0 aliphatic heterocycles. The topological polar surface area (TPSA) is 9.23 Å². The van der Waals surface area contributed by atoms with E-state index < -0.39 is 8.80 Å². The first-order valence-electron chi connectivity index (χ1n) is 11.5. The standard InChI is InChI=1S/C28H44OSi/c1-14-15-29-25-22(27(7,8)9)16-17(2)26(30(12)13)24(25)28(10,11)23-20(5)18(3)19(4)21(23)6/h14,16,18,30H,1,15H2,2-13H3. The third kappa shape index (κ3) is 4.13. The fourth-order valence-electron chi connectivity index (χ4n) is 5.47. The molecular weight excluding hydrogens is 380 g/mol. The molecule has 1 aromatic rings. The second-order valence-electron chi connectivity index (χ2n) is 11.1. The van der Waals surface area contributed by atoms with Crippen LogP contribution in [0.2, 0.25) is 13.1 Å². The zero-order chi connectivity index (χ0) is 23.2. The van der Waals surface area contributed by atoms with Crippen molar-refractivity contribution in [2.75, 3.05) is 6.61 Å². The second-order valence-corrected chi connectivity index (χ2v) is 14.0. The highest BCUT2D eigenvalue weighted by Crippen LogP contribution is 2.50. The van der Waals surface area contributed by atoms with E-state index in [1.165, 1.54) is 39.0 Å². The van der Waals surface area contributed by atoms with E-state index in [1.54, 1.807) is 5.19 Å². The Labute approximate surface area is 187 Å².